The summed E-state index contributed by atoms with van der Waals surface area (Å²) in [6.45, 7) is 1.82. The summed E-state index contributed by atoms with van der Waals surface area (Å²) >= 11 is 0. The van der Waals surface area contributed by atoms with E-state index in [0.717, 1.165) is 5.56 Å². The van der Waals surface area contributed by atoms with E-state index in [-0.39, 0.29) is 17.7 Å². The zero-order valence-electron chi connectivity index (χ0n) is 9.77. The lowest BCUT2D eigenvalue weighted by Gasteiger charge is -2.31. The van der Waals surface area contributed by atoms with Gasteiger partial charge in [0.25, 0.3) is 0 Å². The first-order chi connectivity index (χ1) is 7.93. The molecule has 4 nitrogen and oxygen atoms in total. The van der Waals surface area contributed by atoms with Crippen molar-refractivity contribution < 1.29 is 9.18 Å². The molecule has 1 unspecified atom stereocenters. The van der Waals surface area contributed by atoms with Gasteiger partial charge in [0.15, 0.2) is 0 Å². The van der Waals surface area contributed by atoms with Crippen molar-refractivity contribution in [3.63, 3.8) is 0 Å². The molecular formula is C12H14FN3O. The van der Waals surface area contributed by atoms with Gasteiger partial charge in [-0.15, -0.1) is 0 Å². The van der Waals surface area contributed by atoms with Crippen LogP contribution in [0.25, 0.3) is 0 Å². The summed E-state index contributed by atoms with van der Waals surface area (Å²) in [5.41, 5.74) is 5.88. The number of urea groups is 1. The molecule has 0 fully saturated rings. The second-order valence-corrected chi connectivity index (χ2v) is 4.42. The number of aliphatic imine (C=N–C) groups is 1. The number of amidine groups is 1. The number of carbonyl (C=O) groups is 1. The average Bonchev–Trinajstić information content (AvgIpc) is 2.43. The number of hydrogen-bond donors (Lipinski definition) is 1. The lowest BCUT2D eigenvalue weighted by molar-refractivity contribution is 0.196. The molecular weight excluding hydrogens is 221 g/mol. The second-order valence-electron chi connectivity index (χ2n) is 4.42. The van der Waals surface area contributed by atoms with Crippen LogP contribution < -0.4 is 5.73 Å². The molecule has 0 aromatic heterocycles. The van der Waals surface area contributed by atoms with Crippen LogP contribution >= 0.6 is 0 Å². The molecule has 0 bridgehead atoms. The number of benzene rings is 1. The van der Waals surface area contributed by atoms with E-state index >= 15 is 0 Å². The Hall–Kier alpha value is -1.91. The van der Waals surface area contributed by atoms with E-state index in [4.69, 9.17) is 5.73 Å². The minimum atomic E-state index is -0.676. The van der Waals surface area contributed by atoms with Crippen molar-refractivity contribution in [3.05, 3.63) is 35.6 Å². The minimum absolute atomic E-state index is 0.272. The number of amides is 2. The van der Waals surface area contributed by atoms with E-state index in [1.165, 1.54) is 17.0 Å². The zero-order valence-corrected chi connectivity index (χ0v) is 9.77. The highest BCUT2D eigenvalue weighted by Gasteiger charge is 2.42. The molecule has 0 spiro atoms. The van der Waals surface area contributed by atoms with Gasteiger partial charge in [-0.25, -0.2) is 9.18 Å². The van der Waals surface area contributed by atoms with Gasteiger partial charge in [0.05, 0.1) is 0 Å². The van der Waals surface area contributed by atoms with Gasteiger partial charge in [-0.2, -0.15) is 4.99 Å². The van der Waals surface area contributed by atoms with Crippen molar-refractivity contribution in [3.8, 4) is 0 Å². The van der Waals surface area contributed by atoms with Crippen LogP contribution in [0, 0.1) is 5.82 Å². The van der Waals surface area contributed by atoms with Gasteiger partial charge in [-0.05, 0) is 24.6 Å². The maximum atomic E-state index is 13.1. The molecule has 1 heterocycles. The van der Waals surface area contributed by atoms with E-state index in [0.29, 0.717) is 6.42 Å². The third-order valence-corrected chi connectivity index (χ3v) is 3.23. The third kappa shape index (κ3) is 1.88. The Morgan fingerprint density at radius 1 is 1.53 bits per heavy atom. The maximum absolute atomic E-state index is 13.1. The highest BCUT2D eigenvalue weighted by atomic mass is 19.1. The molecule has 1 aliphatic rings. The first-order valence-corrected chi connectivity index (χ1v) is 5.30. The zero-order chi connectivity index (χ0) is 12.6. The Bertz CT molecular complexity index is 500. The first kappa shape index (κ1) is 11.6. The van der Waals surface area contributed by atoms with Crippen LogP contribution in [0.4, 0.5) is 9.18 Å². The van der Waals surface area contributed by atoms with Gasteiger partial charge in [0, 0.05) is 13.5 Å². The van der Waals surface area contributed by atoms with Gasteiger partial charge < -0.3 is 10.6 Å². The highest BCUT2D eigenvalue weighted by Crippen LogP contribution is 2.25. The summed E-state index contributed by atoms with van der Waals surface area (Å²) in [5, 5.41) is 0. The van der Waals surface area contributed by atoms with E-state index in [9.17, 15) is 9.18 Å². The number of nitrogens with zero attached hydrogens (tertiary/aromatic N) is 2. The van der Waals surface area contributed by atoms with E-state index < -0.39 is 5.54 Å². The summed E-state index contributed by atoms with van der Waals surface area (Å²) in [6, 6.07) is 5.90. The van der Waals surface area contributed by atoms with Crippen molar-refractivity contribution in [2.75, 3.05) is 7.05 Å². The summed E-state index contributed by atoms with van der Waals surface area (Å²) in [6.07, 6.45) is 0.447. The highest BCUT2D eigenvalue weighted by molar-refractivity contribution is 6.05. The summed E-state index contributed by atoms with van der Waals surface area (Å²) in [5.74, 6) is -0.0251. The van der Waals surface area contributed by atoms with Crippen molar-refractivity contribution in [2.45, 2.75) is 18.9 Å². The number of nitrogens with two attached hydrogens (primary N) is 1. The molecule has 1 aliphatic heterocycles. The van der Waals surface area contributed by atoms with E-state index in [1.807, 2.05) is 6.92 Å². The van der Waals surface area contributed by atoms with Crippen LogP contribution in [0.15, 0.2) is 29.3 Å². The van der Waals surface area contributed by atoms with Gasteiger partial charge in [-0.3, -0.25) is 0 Å². The Kier molecular flexibility index (Phi) is 2.61. The minimum Gasteiger partial charge on any atom is -0.385 e. The SMILES string of the molecule is CN1C(=O)N=C(N)C1(C)Cc1cccc(F)c1. The molecule has 0 saturated carbocycles. The first-order valence-electron chi connectivity index (χ1n) is 5.30. The number of rotatable bonds is 2. The molecule has 0 saturated heterocycles. The second kappa shape index (κ2) is 3.84. The fourth-order valence-corrected chi connectivity index (χ4v) is 1.93. The molecule has 0 aliphatic carbocycles. The standard InChI is InChI=1S/C12H14FN3O/c1-12(10(14)15-11(17)16(12)2)7-8-4-3-5-9(13)6-8/h3-6H,7H2,1-2H3,(H2,14,15,17). The summed E-state index contributed by atoms with van der Waals surface area (Å²) in [4.78, 5) is 16.7. The monoisotopic (exact) mass is 235 g/mol. The smallest absolute Gasteiger partial charge is 0.345 e. The molecule has 0 radical (unpaired) electrons. The Balaban J connectivity index is 2.29. The number of carbonyl (C=O) groups excluding carboxylic acids is 1. The molecule has 2 N–H and O–H groups in total. The Morgan fingerprint density at radius 3 is 2.76 bits per heavy atom. The van der Waals surface area contributed by atoms with Gasteiger partial charge >= 0.3 is 6.03 Å². The third-order valence-electron chi connectivity index (χ3n) is 3.23. The van der Waals surface area contributed by atoms with Crippen molar-refractivity contribution in [1.82, 2.24) is 4.90 Å². The lowest BCUT2D eigenvalue weighted by Crippen LogP contribution is -2.51. The van der Waals surface area contributed by atoms with Gasteiger partial charge in [0.1, 0.15) is 17.2 Å². The van der Waals surface area contributed by atoms with E-state index in [2.05, 4.69) is 4.99 Å². The van der Waals surface area contributed by atoms with E-state index in [1.54, 1.807) is 19.2 Å². The van der Waals surface area contributed by atoms with Crippen LogP contribution in [-0.4, -0.2) is 29.4 Å². The average molecular weight is 235 g/mol. The summed E-state index contributed by atoms with van der Waals surface area (Å²) in [7, 11) is 1.64. The molecule has 1 aromatic carbocycles. The molecule has 90 valence electrons. The van der Waals surface area contributed by atoms with Crippen LogP contribution in [0.1, 0.15) is 12.5 Å². The quantitative estimate of drug-likeness (QED) is 0.845. The Morgan fingerprint density at radius 2 is 2.24 bits per heavy atom. The van der Waals surface area contributed by atoms with Crippen molar-refractivity contribution >= 4 is 11.9 Å². The maximum Gasteiger partial charge on any atom is 0.345 e. The van der Waals surface area contributed by atoms with Gasteiger partial charge in [0.2, 0.25) is 0 Å². The van der Waals surface area contributed by atoms with Crippen LogP contribution in [0.3, 0.4) is 0 Å². The lowest BCUT2D eigenvalue weighted by atomic mass is 9.91. The Labute approximate surface area is 98.9 Å². The number of likely N-dealkylation sites (N-methyl/N-ethyl adjacent to an activating group) is 1. The fraction of sp³-hybridized carbons (Fsp3) is 0.333. The topological polar surface area (TPSA) is 58.7 Å². The molecule has 5 heteroatoms. The van der Waals surface area contributed by atoms with Crippen LogP contribution in [0.2, 0.25) is 0 Å². The predicted molar refractivity (Wildman–Crippen MR) is 63.3 cm³/mol. The fourth-order valence-electron chi connectivity index (χ4n) is 1.93. The molecule has 1 aromatic rings. The normalized spacial score (nSPS) is 24.1. The van der Waals surface area contributed by atoms with Crippen molar-refractivity contribution in [2.24, 2.45) is 10.7 Å². The summed E-state index contributed by atoms with van der Waals surface area (Å²) < 4.78 is 13.1. The van der Waals surface area contributed by atoms with Crippen LogP contribution in [0.5, 0.6) is 0 Å². The largest absolute Gasteiger partial charge is 0.385 e. The van der Waals surface area contributed by atoms with Gasteiger partial charge in [-0.1, -0.05) is 12.1 Å². The molecule has 17 heavy (non-hydrogen) atoms. The molecule has 2 rings (SSSR count). The number of hydrogen-bond acceptors (Lipinski definition) is 2. The number of halogens is 1. The van der Waals surface area contributed by atoms with Crippen molar-refractivity contribution in [1.29, 1.82) is 0 Å². The van der Waals surface area contributed by atoms with Crippen LogP contribution in [-0.2, 0) is 6.42 Å². The molecule has 2 amide bonds. The predicted octanol–water partition coefficient (Wildman–Crippen LogP) is 1.55. The molecule has 1 atom stereocenters.